The van der Waals surface area contributed by atoms with Gasteiger partial charge in [-0.25, -0.2) is 0 Å². The lowest BCUT2D eigenvalue weighted by molar-refractivity contribution is 0.414. The van der Waals surface area contributed by atoms with Crippen LogP contribution in [0.25, 0.3) is 0 Å². The smallest absolute Gasteiger partial charge is 0.118 e. The second kappa shape index (κ2) is 5.40. The first-order chi connectivity index (χ1) is 6.63. The number of methoxy groups -OCH3 is 1. The fraction of sp³-hybridized carbons (Fsp3) is 0.500. The minimum atomic E-state index is 0.560. The number of alkyl halides is 1. The summed E-state index contributed by atoms with van der Waals surface area (Å²) in [6.45, 7) is 4.44. The zero-order valence-electron chi connectivity index (χ0n) is 8.96. The van der Waals surface area contributed by atoms with E-state index in [1.54, 1.807) is 7.11 Å². The molecule has 0 aliphatic carbocycles. The molecule has 0 saturated heterocycles. The number of benzene rings is 1. The zero-order chi connectivity index (χ0) is 10.6. The number of hydrogen-bond donors (Lipinski definition) is 0. The average Bonchev–Trinajstić information content (AvgIpc) is 2.19. The van der Waals surface area contributed by atoms with Gasteiger partial charge in [-0.05, 0) is 30.0 Å². The summed E-state index contributed by atoms with van der Waals surface area (Å²) in [7, 11) is 1.69. The van der Waals surface area contributed by atoms with E-state index in [1.807, 2.05) is 12.1 Å². The Morgan fingerprint density at radius 3 is 2.21 bits per heavy atom. The molecule has 0 aliphatic heterocycles. The molecule has 1 nitrogen and oxygen atoms in total. The number of ether oxygens (including phenoxy) is 1. The second-order valence-electron chi connectivity index (χ2n) is 3.71. The number of rotatable bonds is 4. The normalized spacial score (nSPS) is 14.9. The van der Waals surface area contributed by atoms with Crippen molar-refractivity contribution in [1.82, 2.24) is 0 Å². The van der Waals surface area contributed by atoms with E-state index in [0.717, 1.165) is 12.2 Å². The van der Waals surface area contributed by atoms with Crippen LogP contribution in [0, 0.1) is 5.92 Å². The topological polar surface area (TPSA) is 9.23 Å². The Labute approximate surface area is 94.6 Å². The lowest BCUT2D eigenvalue weighted by Gasteiger charge is -2.13. The van der Waals surface area contributed by atoms with E-state index < -0.39 is 0 Å². The van der Waals surface area contributed by atoms with Gasteiger partial charge in [0.2, 0.25) is 0 Å². The van der Waals surface area contributed by atoms with Crippen molar-refractivity contribution in [1.29, 1.82) is 0 Å². The van der Waals surface area contributed by atoms with E-state index in [-0.39, 0.29) is 0 Å². The molecule has 1 aromatic rings. The molecule has 1 rings (SSSR count). The van der Waals surface area contributed by atoms with Crippen molar-refractivity contribution in [3.05, 3.63) is 29.8 Å². The lowest BCUT2D eigenvalue weighted by Crippen LogP contribution is -2.09. The first-order valence-electron chi connectivity index (χ1n) is 4.90. The van der Waals surface area contributed by atoms with Crippen LogP contribution in [-0.2, 0) is 6.42 Å². The van der Waals surface area contributed by atoms with Gasteiger partial charge in [0.05, 0.1) is 7.11 Å². The molecule has 0 radical (unpaired) electrons. The van der Waals surface area contributed by atoms with Gasteiger partial charge >= 0.3 is 0 Å². The van der Waals surface area contributed by atoms with Crippen molar-refractivity contribution < 1.29 is 4.74 Å². The minimum Gasteiger partial charge on any atom is -0.497 e. The fourth-order valence-electron chi connectivity index (χ4n) is 1.30. The Morgan fingerprint density at radius 1 is 1.21 bits per heavy atom. The summed E-state index contributed by atoms with van der Waals surface area (Å²) in [5.41, 5.74) is 1.37. The van der Waals surface area contributed by atoms with Crippen LogP contribution in [0.4, 0.5) is 0 Å². The minimum absolute atomic E-state index is 0.560. The number of halogens is 1. The molecule has 0 aromatic heterocycles. The van der Waals surface area contributed by atoms with Gasteiger partial charge in [-0.2, -0.15) is 0 Å². The first-order valence-corrected chi connectivity index (χ1v) is 5.82. The summed E-state index contributed by atoms with van der Waals surface area (Å²) < 4.78 is 5.11. The summed E-state index contributed by atoms with van der Waals surface area (Å²) >= 11 is 3.60. The van der Waals surface area contributed by atoms with Crippen molar-refractivity contribution in [3.8, 4) is 5.75 Å². The summed E-state index contributed by atoms with van der Waals surface area (Å²) in [4.78, 5) is 0.560. The Hall–Kier alpha value is -0.500. The molecule has 0 saturated carbocycles. The Bertz CT molecular complexity index is 266. The molecule has 0 bridgehead atoms. The highest BCUT2D eigenvalue weighted by Gasteiger charge is 2.09. The quantitative estimate of drug-likeness (QED) is 0.748. The molecule has 2 atom stereocenters. The predicted molar refractivity (Wildman–Crippen MR) is 64.3 cm³/mol. The third-order valence-electron chi connectivity index (χ3n) is 2.50. The third-order valence-corrected chi connectivity index (χ3v) is 3.40. The second-order valence-corrected chi connectivity index (χ2v) is 5.15. The molecule has 0 heterocycles. The molecule has 0 N–H and O–H groups in total. The summed E-state index contributed by atoms with van der Waals surface area (Å²) in [6.07, 6.45) is 1.11. The monoisotopic (exact) mass is 256 g/mol. The highest BCUT2D eigenvalue weighted by Crippen LogP contribution is 2.19. The summed E-state index contributed by atoms with van der Waals surface area (Å²) in [5.74, 6) is 1.58. The molecular weight excluding hydrogens is 240 g/mol. The summed E-state index contributed by atoms with van der Waals surface area (Å²) in [6, 6.07) is 8.29. The summed E-state index contributed by atoms with van der Waals surface area (Å²) in [5, 5.41) is 0. The van der Waals surface area contributed by atoms with Gasteiger partial charge in [0.1, 0.15) is 5.75 Å². The van der Waals surface area contributed by atoms with Crippen molar-refractivity contribution in [2.45, 2.75) is 25.1 Å². The molecule has 0 fully saturated rings. The highest BCUT2D eigenvalue weighted by atomic mass is 79.9. The molecule has 2 unspecified atom stereocenters. The molecule has 78 valence electrons. The molecule has 0 spiro atoms. The van der Waals surface area contributed by atoms with Gasteiger partial charge in [0, 0.05) is 4.83 Å². The van der Waals surface area contributed by atoms with Gasteiger partial charge < -0.3 is 4.74 Å². The predicted octanol–water partition coefficient (Wildman–Crippen LogP) is 3.66. The van der Waals surface area contributed by atoms with Crippen LogP contribution in [0.3, 0.4) is 0 Å². The van der Waals surface area contributed by atoms with Gasteiger partial charge in [-0.15, -0.1) is 0 Å². The molecule has 2 heteroatoms. The number of hydrogen-bond acceptors (Lipinski definition) is 1. The van der Waals surface area contributed by atoms with Crippen LogP contribution in [0.15, 0.2) is 24.3 Å². The van der Waals surface area contributed by atoms with Crippen LogP contribution in [0.5, 0.6) is 5.75 Å². The van der Waals surface area contributed by atoms with E-state index in [2.05, 4.69) is 41.9 Å². The lowest BCUT2D eigenvalue weighted by atomic mass is 9.99. The van der Waals surface area contributed by atoms with Crippen LogP contribution in [-0.4, -0.2) is 11.9 Å². The Morgan fingerprint density at radius 2 is 1.79 bits per heavy atom. The van der Waals surface area contributed by atoms with Crippen molar-refractivity contribution in [2.75, 3.05) is 7.11 Å². The fourth-order valence-corrected chi connectivity index (χ4v) is 1.48. The van der Waals surface area contributed by atoms with Crippen LogP contribution < -0.4 is 4.74 Å². The zero-order valence-corrected chi connectivity index (χ0v) is 10.5. The standard InChI is InChI=1S/C12H17BrO/c1-9(10(2)13)8-11-4-6-12(14-3)7-5-11/h4-7,9-10H,8H2,1-3H3. The first kappa shape index (κ1) is 11.6. The Balaban J connectivity index is 2.59. The SMILES string of the molecule is COc1ccc(CC(C)C(C)Br)cc1. The largest absolute Gasteiger partial charge is 0.497 e. The maximum absolute atomic E-state index is 5.11. The van der Waals surface area contributed by atoms with E-state index in [4.69, 9.17) is 4.74 Å². The van der Waals surface area contributed by atoms with Gasteiger partial charge in [0.15, 0.2) is 0 Å². The van der Waals surface area contributed by atoms with Crippen LogP contribution in [0.1, 0.15) is 19.4 Å². The molecule has 0 amide bonds. The van der Waals surface area contributed by atoms with Gasteiger partial charge in [-0.3, -0.25) is 0 Å². The van der Waals surface area contributed by atoms with Crippen molar-refractivity contribution in [3.63, 3.8) is 0 Å². The van der Waals surface area contributed by atoms with Crippen molar-refractivity contribution in [2.24, 2.45) is 5.92 Å². The van der Waals surface area contributed by atoms with Crippen molar-refractivity contribution >= 4 is 15.9 Å². The third kappa shape index (κ3) is 3.33. The van der Waals surface area contributed by atoms with E-state index >= 15 is 0 Å². The molecular formula is C12H17BrO. The average molecular weight is 257 g/mol. The maximum atomic E-state index is 5.11. The van der Waals surface area contributed by atoms with E-state index in [0.29, 0.717) is 10.7 Å². The van der Waals surface area contributed by atoms with Gasteiger partial charge in [0.25, 0.3) is 0 Å². The maximum Gasteiger partial charge on any atom is 0.118 e. The highest BCUT2D eigenvalue weighted by molar-refractivity contribution is 9.09. The Kier molecular flexibility index (Phi) is 4.46. The van der Waals surface area contributed by atoms with E-state index in [9.17, 15) is 0 Å². The van der Waals surface area contributed by atoms with Crippen LogP contribution in [0.2, 0.25) is 0 Å². The molecule has 0 aliphatic rings. The van der Waals surface area contributed by atoms with Crippen LogP contribution >= 0.6 is 15.9 Å². The van der Waals surface area contributed by atoms with Gasteiger partial charge in [-0.1, -0.05) is 41.9 Å². The van der Waals surface area contributed by atoms with E-state index in [1.165, 1.54) is 5.56 Å². The molecule has 14 heavy (non-hydrogen) atoms. The molecule has 1 aromatic carbocycles.